The molecule has 0 atom stereocenters. The molecule has 3 rings (SSSR count). The minimum absolute atomic E-state index is 0.0203. The average Bonchev–Trinajstić information content (AvgIpc) is 3.02. The molecule has 2 aromatic rings. The Morgan fingerprint density at radius 3 is 2.43 bits per heavy atom. The predicted molar refractivity (Wildman–Crippen MR) is 117 cm³/mol. The van der Waals surface area contributed by atoms with E-state index in [0.29, 0.717) is 37.4 Å². The molecular formula is C22H32N4O3S. The predicted octanol–water partition coefficient (Wildman–Crippen LogP) is 2.72. The van der Waals surface area contributed by atoms with E-state index in [1.807, 2.05) is 50.6 Å². The Morgan fingerprint density at radius 2 is 1.83 bits per heavy atom. The van der Waals surface area contributed by atoms with E-state index < -0.39 is 10.0 Å². The molecule has 0 radical (unpaired) electrons. The van der Waals surface area contributed by atoms with Crippen LogP contribution in [0.2, 0.25) is 0 Å². The second-order valence-corrected chi connectivity index (χ2v) is 10.1. The number of piperidine rings is 1. The van der Waals surface area contributed by atoms with Crippen LogP contribution >= 0.6 is 0 Å². The number of aryl methyl sites for hydroxylation is 5. The molecule has 1 aliphatic heterocycles. The van der Waals surface area contributed by atoms with Gasteiger partial charge >= 0.3 is 0 Å². The maximum Gasteiger partial charge on any atom is 0.243 e. The summed E-state index contributed by atoms with van der Waals surface area (Å²) in [7, 11) is -3.52. The van der Waals surface area contributed by atoms with Crippen molar-refractivity contribution in [1.82, 2.24) is 19.4 Å². The number of hydrogen-bond donors (Lipinski definition) is 1. The van der Waals surface area contributed by atoms with Crippen molar-refractivity contribution in [3.63, 3.8) is 0 Å². The number of nitrogens with one attached hydrogen (secondary N) is 1. The Balaban J connectivity index is 1.47. The number of amides is 1. The van der Waals surface area contributed by atoms with Gasteiger partial charge in [0.2, 0.25) is 15.9 Å². The lowest BCUT2D eigenvalue weighted by Crippen LogP contribution is -2.43. The first kappa shape index (κ1) is 22.5. The lowest BCUT2D eigenvalue weighted by Gasteiger charge is -2.31. The summed E-state index contributed by atoms with van der Waals surface area (Å²) >= 11 is 0. The fraction of sp³-hybridized carbons (Fsp3) is 0.545. The van der Waals surface area contributed by atoms with Crippen molar-refractivity contribution in [2.24, 2.45) is 5.92 Å². The van der Waals surface area contributed by atoms with Gasteiger partial charge in [0.25, 0.3) is 0 Å². The number of hydrogen-bond acceptors (Lipinski definition) is 4. The molecule has 1 aliphatic rings. The molecule has 30 heavy (non-hydrogen) atoms. The quantitative estimate of drug-likeness (QED) is 0.682. The maximum absolute atomic E-state index is 13.0. The second kappa shape index (κ2) is 9.31. The number of sulfonamides is 1. The number of rotatable bonds is 7. The van der Waals surface area contributed by atoms with Crippen molar-refractivity contribution < 1.29 is 13.2 Å². The number of nitrogens with zero attached hydrogens (tertiary/aromatic N) is 3. The van der Waals surface area contributed by atoms with Gasteiger partial charge in [-0.05, 0) is 64.7 Å². The normalized spacial score (nSPS) is 16.0. The first-order chi connectivity index (χ1) is 14.2. The van der Waals surface area contributed by atoms with Gasteiger partial charge in [0.05, 0.1) is 10.6 Å². The van der Waals surface area contributed by atoms with Crippen LogP contribution in [0.15, 0.2) is 29.2 Å². The minimum atomic E-state index is -3.52. The van der Waals surface area contributed by atoms with Crippen LogP contribution in [0.1, 0.15) is 41.8 Å². The summed E-state index contributed by atoms with van der Waals surface area (Å²) in [6.07, 6.45) is 1.91. The lowest BCUT2D eigenvalue weighted by molar-refractivity contribution is -0.126. The van der Waals surface area contributed by atoms with Gasteiger partial charge in [0.15, 0.2) is 0 Å². The van der Waals surface area contributed by atoms with E-state index in [4.69, 9.17) is 0 Å². The van der Waals surface area contributed by atoms with Gasteiger partial charge in [0.1, 0.15) is 0 Å². The van der Waals surface area contributed by atoms with Crippen molar-refractivity contribution >= 4 is 15.9 Å². The highest BCUT2D eigenvalue weighted by Gasteiger charge is 2.32. The van der Waals surface area contributed by atoms with Crippen molar-refractivity contribution in [2.45, 2.75) is 58.4 Å². The Kier molecular flexibility index (Phi) is 6.98. The molecule has 164 valence electrons. The van der Waals surface area contributed by atoms with Crippen molar-refractivity contribution in [3.8, 4) is 0 Å². The third-order valence-electron chi connectivity index (χ3n) is 5.72. The molecule has 7 nitrogen and oxygen atoms in total. The molecule has 1 aromatic heterocycles. The summed E-state index contributed by atoms with van der Waals surface area (Å²) in [4.78, 5) is 12.9. The first-order valence-corrected chi connectivity index (χ1v) is 12.0. The summed E-state index contributed by atoms with van der Waals surface area (Å²) in [5.74, 6) is -0.115. The number of carbonyl (C=O) groups is 1. The number of aromatic nitrogens is 2. The molecule has 1 saturated heterocycles. The zero-order valence-corrected chi connectivity index (χ0v) is 19.1. The van der Waals surface area contributed by atoms with Crippen LogP contribution < -0.4 is 5.32 Å². The molecule has 1 amide bonds. The van der Waals surface area contributed by atoms with E-state index in [1.165, 1.54) is 4.31 Å². The minimum Gasteiger partial charge on any atom is -0.356 e. The Bertz CT molecular complexity index is 1010. The van der Waals surface area contributed by atoms with Crippen molar-refractivity contribution in [3.05, 3.63) is 46.8 Å². The summed E-state index contributed by atoms with van der Waals surface area (Å²) in [6, 6.07) is 7.44. The molecular weight excluding hydrogens is 400 g/mol. The lowest BCUT2D eigenvalue weighted by atomic mass is 9.97. The highest BCUT2D eigenvalue weighted by atomic mass is 32.2. The fourth-order valence-corrected chi connectivity index (χ4v) is 5.75. The van der Waals surface area contributed by atoms with Crippen LogP contribution in [-0.2, 0) is 21.4 Å². The molecule has 1 aromatic carbocycles. The monoisotopic (exact) mass is 432 g/mol. The van der Waals surface area contributed by atoms with Gasteiger partial charge in [-0.15, -0.1) is 0 Å². The average molecular weight is 433 g/mol. The third-order valence-corrected chi connectivity index (χ3v) is 7.78. The molecule has 0 saturated carbocycles. The molecule has 2 heterocycles. The summed E-state index contributed by atoms with van der Waals surface area (Å²) in [6.45, 7) is 9.89. The third kappa shape index (κ3) is 5.10. The van der Waals surface area contributed by atoms with Crippen LogP contribution in [0.3, 0.4) is 0 Å². The number of benzene rings is 1. The van der Waals surface area contributed by atoms with E-state index in [0.717, 1.165) is 35.5 Å². The molecule has 0 aliphatic carbocycles. The van der Waals surface area contributed by atoms with Gasteiger partial charge in [-0.25, -0.2) is 8.42 Å². The second-order valence-electron chi connectivity index (χ2n) is 8.24. The molecule has 8 heteroatoms. The van der Waals surface area contributed by atoms with Crippen LogP contribution in [0, 0.1) is 33.6 Å². The first-order valence-electron chi connectivity index (χ1n) is 10.5. The van der Waals surface area contributed by atoms with Gasteiger partial charge in [-0.1, -0.05) is 17.7 Å². The van der Waals surface area contributed by atoms with Crippen molar-refractivity contribution in [1.29, 1.82) is 0 Å². The van der Waals surface area contributed by atoms with E-state index in [9.17, 15) is 13.2 Å². The molecule has 0 bridgehead atoms. The van der Waals surface area contributed by atoms with Gasteiger partial charge in [-0.3, -0.25) is 9.48 Å². The SMILES string of the molecule is Cc1ccc(S(=O)(=O)N2CCC(C(=O)NCCCn3nc(C)cc3C)CC2)c(C)c1. The standard InChI is InChI=1S/C22H32N4O3S/c1-16-6-7-21(17(2)14-16)30(28,29)25-12-8-20(9-13-25)22(27)23-10-5-11-26-19(4)15-18(3)24-26/h6-7,14-15,20H,5,8-13H2,1-4H3,(H,23,27). The van der Waals surface area contributed by atoms with Gasteiger partial charge in [0, 0.05) is 37.8 Å². The summed E-state index contributed by atoms with van der Waals surface area (Å²) < 4.78 is 29.4. The van der Waals surface area contributed by atoms with Crippen LogP contribution in [0.5, 0.6) is 0 Å². The smallest absolute Gasteiger partial charge is 0.243 e. The van der Waals surface area contributed by atoms with Gasteiger partial charge in [-0.2, -0.15) is 9.40 Å². The maximum atomic E-state index is 13.0. The van der Waals surface area contributed by atoms with E-state index >= 15 is 0 Å². The van der Waals surface area contributed by atoms with Gasteiger partial charge < -0.3 is 5.32 Å². The Morgan fingerprint density at radius 1 is 1.13 bits per heavy atom. The zero-order valence-electron chi connectivity index (χ0n) is 18.3. The van der Waals surface area contributed by atoms with Crippen LogP contribution in [-0.4, -0.2) is 48.0 Å². The summed E-state index contributed by atoms with van der Waals surface area (Å²) in [5, 5.41) is 7.43. The van der Waals surface area contributed by atoms with Crippen LogP contribution in [0.25, 0.3) is 0 Å². The van der Waals surface area contributed by atoms with Crippen molar-refractivity contribution in [2.75, 3.05) is 19.6 Å². The molecule has 1 N–H and O–H groups in total. The highest BCUT2D eigenvalue weighted by molar-refractivity contribution is 7.89. The topological polar surface area (TPSA) is 84.3 Å². The highest BCUT2D eigenvalue weighted by Crippen LogP contribution is 2.26. The summed E-state index contributed by atoms with van der Waals surface area (Å²) in [5.41, 5.74) is 3.92. The van der Waals surface area contributed by atoms with Crippen LogP contribution in [0.4, 0.5) is 0 Å². The Hall–Kier alpha value is -2.19. The zero-order chi connectivity index (χ0) is 21.9. The molecule has 0 unspecified atom stereocenters. The van der Waals surface area contributed by atoms with E-state index in [2.05, 4.69) is 10.4 Å². The largest absolute Gasteiger partial charge is 0.356 e. The Labute approximate surface area is 179 Å². The molecule has 0 spiro atoms. The van der Waals surface area contributed by atoms with E-state index in [-0.39, 0.29) is 11.8 Å². The number of carbonyl (C=O) groups excluding carboxylic acids is 1. The van der Waals surface area contributed by atoms with E-state index in [1.54, 1.807) is 6.07 Å². The molecule has 1 fully saturated rings. The fourth-order valence-electron chi connectivity index (χ4n) is 4.07.